The van der Waals surface area contributed by atoms with Crippen LogP contribution in [0, 0.1) is 5.82 Å². The number of sulfonamides is 1. The summed E-state index contributed by atoms with van der Waals surface area (Å²) in [5.41, 5.74) is 3.19. The van der Waals surface area contributed by atoms with Gasteiger partial charge in [0.05, 0.1) is 16.0 Å². The van der Waals surface area contributed by atoms with E-state index in [1.54, 1.807) is 0 Å². The molecule has 0 fully saturated rings. The molecular formula is C20H14F4N2O4S. The van der Waals surface area contributed by atoms with Crippen LogP contribution in [0.1, 0.15) is 15.9 Å². The van der Waals surface area contributed by atoms with Gasteiger partial charge in [0.25, 0.3) is 5.91 Å². The van der Waals surface area contributed by atoms with Crippen LogP contribution in [-0.2, 0) is 16.2 Å². The zero-order valence-corrected chi connectivity index (χ0v) is 16.3. The van der Waals surface area contributed by atoms with Crippen LogP contribution in [0.5, 0.6) is 11.5 Å². The van der Waals surface area contributed by atoms with E-state index in [0.717, 1.165) is 24.3 Å². The van der Waals surface area contributed by atoms with Crippen molar-refractivity contribution >= 4 is 15.9 Å². The molecule has 6 nitrogen and oxygen atoms in total. The lowest BCUT2D eigenvalue weighted by molar-refractivity contribution is -0.137. The minimum absolute atomic E-state index is 0.00695. The third-order valence-corrected chi connectivity index (χ3v) is 5.10. The quantitative estimate of drug-likeness (QED) is 0.567. The second-order valence-electron chi connectivity index (χ2n) is 6.39. The fourth-order valence-corrected chi connectivity index (χ4v) is 3.32. The van der Waals surface area contributed by atoms with E-state index in [1.165, 1.54) is 24.3 Å². The van der Waals surface area contributed by atoms with E-state index < -0.39 is 39.1 Å². The molecule has 4 N–H and O–H groups in total. The molecule has 162 valence electrons. The van der Waals surface area contributed by atoms with Crippen molar-refractivity contribution in [3.63, 3.8) is 0 Å². The average Bonchev–Trinajstić information content (AvgIpc) is 2.68. The van der Waals surface area contributed by atoms with Gasteiger partial charge in [-0.15, -0.1) is 0 Å². The molecule has 0 aromatic heterocycles. The molecule has 1 amide bonds. The number of rotatable bonds is 5. The molecule has 0 spiro atoms. The average molecular weight is 454 g/mol. The van der Waals surface area contributed by atoms with Crippen LogP contribution >= 0.6 is 0 Å². The first-order valence-electron chi connectivity index (χ1n) is 8.48. The number of alkyl halides is 3. The third kappa shape index (κ3) is 5.01. The summed E-state index contributed by atoms with van der Waals surface area (Å²) in [6.45, 7) is 0. The summed E-state index contributed by atoms with van der Waals surface area (Å²) in [5, 5.41) is 5.11. The van der Waals surface area contributed by atoms with Crippen molar-refractivity contribution in [3.05, 3.63) is 77.6 Å². The first kappa shape index (κ1) is 22.2. The minimum Gasteiger partial charge on any atom is -0.456 e. The van der Waals surface area contributed by atoms with Gasteiger partial charge < -0.3 is 10.5 Å². The number of amides is 1. The van der Waals surface area contributed by atoms with Crippen molar-refractivity contribution in [3.8, 4) is 22.6 Å². The number of hydrogen-bond donors (Lipinski definition) is 2. The molecule has 0 aliphatic carbocycles. The normalized spacial score (nSPS) is 11.9. The van der Waals surface area contributed by atoms with Crippen molar-refractivity contribution < 1.29 is 35.5 Å². The number of ether oxygens (including phenoxy) is 1. The van der Waals surface area contributed by atoms with Crippen LogP contribution in [0.3, 0.4) is 0 Å². The summed E-state index contributed by atoms with van der Waals surface area (Å²) in [7, 11) is -4.17. The molecular weight excluding hydrogens is 440 g/mol. The van der Waals surface area contributed by atoms with Gasteiger partial charge in [0.1, 0.15) is 17.3 Å². The number of nitrogens with two attached hydrogens (primary N) is 2. The molecule has 0 heterocycles. The SMILES string of the molecule is NC(=O)c1cc(C(F)(F)F)cc(-c2cccc(S(N)(=O)=O)c2)c1Oc1ccc(F)cc1. The highest BCUT2D eigenvalue weighted by Gasteiger charge is 2.34. The lowest BCUT2D eigenvalue weighted by atomic mass is 9.97. The van der Waals surface area contributed by atoms with E-state index >= 15 is 0 Å². The fraction of sp³-hybridized carbons (Fsp3) is 0.0500. The summed E-state index contributed by atoms with van der Waals surface area (Å²) in [6, 6.07) is 10.5. The fourth-order valence-electron chi connectivity index (χ4n) is 2.76. The first-order valence-corrected chi connectivity index (χ1v) is 10.0. The van der Waals surface area contributed by atoms with Crippen molar-refractivity contribution in [2.75, 3.05) is 0 Å². The van der Waals surface area contributed by atoms with Crippen LogP contribution in [-0.4, -0.2) is 14.3 Å². The van der Waals surface area contributed by atoms with E-state index in [0.29, 0.717) is 12.1 Å². The molecule has 3 rings (SSSR count). The minimum atomic E-state index is -4.84. The van der Waals surface area contributed by atoms with Gasteiger partial charge in [0.15, 0.2) is 0 Å². The molecule has 0 atom stereocenters. The number of carbonyl (C=O) groups is 1. The largest absolute Gasteiger partial charge is 0.456 e. The van der Waals surface area contributed by atoms with Gasteiger partial charge in [0.2, 0.25) is 10.0 Å². The molecule has 0 aliphatic heterocycles. The van der Waals surface area contributed by atoms with Gasteiger partial charge in [0, 0.05) is 5.56 Å². The number of primary amides is 1. The standard InChI is InChI=1S/C20H14F4N2O4S/c21-13-4-6-14(7-5-13)30-18-16(11-2-1-3-15(8-11)31(26,28)29)9-12(20(22,23)24)10-17(18)19(25)27/h1-10H,(H2,25,27)(H2,26,28,29). The Hall–Kier alpha value is -3.44. The summed E-state index contributed by atoms with van der Waals surface area (Å²) < 4.78 is 82.5. The highest BCUT2D eigenvalue weighted by atomic mass is 32.2. The van der Waals surface area contributed by atoms with Crippen molar-refractivity contribution in [2.24, 2.45) is 10.9 Å². The summed E-state index contributed by atoms with van der Waals surface area (Å²) in [6.07, 6.45) is -4.84. The van der Waals surface area contributed by atoms with Crippen LogP contribution in [0.25, 0.3) is 11.1 Å². The van der Waals surface area contributed by atoms with E-state index in [9.17, 15) is 30.8 Å². The van der Waals surface area contributed by atoms with Crippen molar-refractivity contribution in [1.29, 1.82) is 0 Å². The number of benzene rings is 3. The molecule has 3 aromatic carbocycles. The maximum Gasteiger partial charge on any atom is 0.416 e. The third-order valence-electron chi connectivity index (χ3n) is 4.19. The molecule has 0 unspecified atom stereocenters. The molecule has 31 heavy (non-hydrogen) atoms. The Morgan fingerprint density at radius 2 is 1.61 bits per heavy atom. The Kier molecular flexibility index (Phi) is 5.74. The smallest absolute Gasteiger partial charge is 0.416 e. The lowest BCUT2D eigenvalue weighted by Gasteiger charge is -2.18. The Morgan fingerprint density at radius 1 is 0.968 bits per heavy atom. The Balaban J connectivity index is 2.32. The lowest BCUT2D eigenvalue weighted by Crippen LogP contribution is -2.16. The van der Waals surface area contributed by atoms with E-state index in [-0.39, 0.29) is 27.5 Å². The highest BCUT2D eigenvalue weighted by molar-refractivity contribution is 7.89. The number of primary sulfonamides is 1. The summed E-state index contributed by atoms with van der Waals surface area (Å²) >= 11 is 0. The Bertz CT molecular complexity index is 1260. The molecule has 0 aliphatic rings. The molecule has 0 saturated heterocycles. The summed E-state index contributed by atoms with van der Waals surface area (Å²) in [5.74, 6) is -2.16. The number of halogens is 4. The van der Waals surface area contributed by atoms with Gasteiger partial charge >= 0.3 is 6.18 Å². The number of hydrogen-bond acceptors (Lipinski definition) is 4. The molecule has 0 radical (unpaired) electrons. The molecule has 0 saturated carbocycles. The maximum atomic E-state index is 13.4. The van der Waals surface area contributed by atoms with Gasteiger partial charge in [-0.25, -0.2) is 17.9 Å². The second kappa shape index (κ2) is 8.00. The monoisotopic (exact) mass is 454 g/mol. The molecule has 3 aromatic rings. The van der Waals surface area contributed by atoms with Crippen LogP contribution in [0.4, 0.5) is 17.6 Å². The molecule has 0 bridgehead atoms. The first-order chi connectivity index (χ1) is 14.4. The predicted octanol–water partition coefficient (Wildman–Crippen LogP) is 4.05. The van der Waals surface area contributed by atoms with Crippen molar-refractivity contribution in [2.45, 2.75) is 11.1 Å². The van der Waals surface area contributed by atoms with Crippen LogP contribution < -0.4 is 15.6 Å². The summed E-state index contributed by atoms with van der Waals surface area (Å²) in [4.78, 5) is 11.6. The van der Waals surface area contributed by atoms with Gasteiger partial charge in [-0.3, -0.25) is 4.79 Å². The Labute approximate surface area is 174 Å². The van der Waals surface area contributed by atoms with E-state index in [2.05, 4.69) is 0 Å². The highest BCUT2D eigenvalue weighted by Crippen LogP contribution is 2.42. The van der Waals surface area contributed by atoms with E-state index in [4.69, 9.17) is 15.6 Å². The van der Waals surface area contributed by atoms with E-state index in [1.807, 2.05) is 0 Å². The maximum absolute atomic E-state index is 13.4. The van der Waals surface area contributed by atoms with Gasteiger partial charge in [-0.1, -0.05) is 12.1 Å². The Morgan fingerprint density at radius 3 is 2.16 bits per heavy atom. The number of carbonyl (C=O) groups excluding carboxylic acids is 1. The topological polar surface area (TPSA) is 112 Å². The van der Waals surface area contributed by atoms with Gasteiger partial charge in [-0.05, 0) is 54.1 Å². The molecule has 11 heteroatoms. The second-order valence-corrected chi connectivity index (χ2v) is 7.95. The van der Waals surface area contributed by atoms with Crippen LogP contribution in [0.2, 0.25) is 0 Å². The van der Waals surface area contributed by atoms with Gasteiger partial charge in [-0.2, -0.15) is 13.2 Å². The van der Waals surface area contributed by atoms with Crippen molar-refractivity contribution in [1.82, 2.24) is 0 Å². The zero-order valence-electron chi connectivity index (χ0n) is 15.5. The predicted molar refractivity (Wildman–Crippen MR) is 103 cm³/mol. The van der Waals surface area contributed by atoms with Crippen LogP contribution in [0.15, 0.2) is 65.6 Å². The zero-order chi connectivity index (χ0) is 23.0.